The number of rotatable bonds is 5. The molecule has 2 aliphatic rings. The Morgan fingerprint density at radius 2 is 1.91 bits per heavy atom. The molecule has 2 fully saturated rings. The van der Waals surface area contributed by atoms with Crippen molar-refractivity contribution >= 4 is 28.9 Å². The van der Waals surface area contributed by atoms with E-state index in [1.165, 1.54) is 6.07 Å². The zero-order valence-corrected chi connectivity index (χ0v) is 21.3. The number of aryl methyl sites for hydroxylation is 1. The summed E-state index contributed by atoms with van der Waals surface area (Å²) in [5.41, 5.74) is 1.45. The molecule has 8 heteroatoms. The Balaban J connectivity index is 1.50. The van der Waals surface area contributed by atoms with Crippen molar-refractivity contribution < 1.29 is 23.5 Å². The Morgan fingerprint density at radius 3 is 2.57 bits per heavy atom. The van der Waals surface area contributed by atoms with Crippen molar-refractivity contribution in [3.05, 3.63) is 45.3 Å². The summed E-state index contributed by atoms with van der Waals surface area (Å²) in [7, 11) is 0. The number of urea groups is 1. The Labute approximate surface area is 205 Å². The summed E-state index contributed by atoms with van der Waals surface area (Å²) in [5.74, 6) is -0.554. The van der Waals surface area contributed by atoms with Gasteiger partial charge in [-0.15, -0.1) is 0 Å². The molecule has 1 aliphatic heterocycles. The Bertz CT molecular complexity index is 1260. The van der Waals surface area contributed by atoms with E-state index in [9.17, 15) is 19.2 Å². The molecule has 1 saturated carbocycles. The minimum absolute atomic E-state index is 0.0974. The zero-order chi connectivity index (χ0) is 25.7. The van der Waals surface area contributed by atoms with Crippen LogP contribution in [-0.2, 0) is 20.9 Å². The van der Waals surface area contributed by atoms with E-state index in [2.05, 4.69) is 39.9 Å². The maximum absolute atomic E-state index is 13.3. The van der Waals surface area contributed by atoms with Gasteiger partial charge in [-0.2, -0.15) is 0 Å². The number of nitrogens with one attached hydrogen (secondary N) is 1. The fourth-order valence-electron chi connectivity index (χ4n) is 6.12. The van der Waals surface area contributed by atoms with Crippen molar-refractivity contribution in [1.82, 2.24) is 10.2 Å². The molecule has 4 rings (SSSR count). The van der Waals surface area contributed by atoms with Crippen molar-refractivity contribution in [2.75, 3.05) is 6.54 Å². The van der Waals surface area contributed by atoms with Crippen molar-refractivity contribution in [3.63, 3.8) is 0 Å². The predicted molar refractivity (Wildman–Crippen MR) is 131 cm³/mol. The van der Waals surface area contributed by atoms with E-state index in [0.29, 0.717) is 29.4 Å². The molecular formula is C27H34N2O6. The Kier molecular flexibility index (Phi) is 6.28. The average Bonchev–Trinajstić information content (AvgIpc) is 2.92. The molecule has 1 aliphatic carbocycles. The number of carbonyl (C=O) groups is 3. The highest BCUT2D eigenvalue weighted by Crippen LogP contribution is 2.46. The molecule has 1 spiro atoms. The van der Waals surface area contributed by atoms with E-state index in [1.807, 2.05) is 19.1 Å². The number of amides is 3. The first-order chi connectivity index (χ1) is 16.3. The number of imide groups is 1. The van der Waals surface area contributed by atoms with Crippen LogP contribution in [0.5, 0.6) is 0 Å². The van der Waals surface area contributed by atoms with E-state index in [1.54, 1.807) is 0 Å². The normalized spacial score (nSPS) is 23.9. The lowest BCUT2D eigenvalue weighted by Gasteiger charge is -2.43. The van der Waals surface area contributed by atoms with E-state index in [0.717, 1.165) is 22.4 Å². The molecule has 1 N–H and O–H groups in total. The monoisotopic (exact) mass is 482 g/mol. The van der Waals surface area contributed by atoms with Crippen LogP contribution in [0.2, 0.25) is 0 Å². The lowest BCUT2D eigenvalue weighted by atomic mass is 9.64. The summed E-state index contributed by atoms with van der Waals surface area (Å²) in [4.78, 5) is 51.7. The highest BCUT2D eigenvalue weighted by molar-refractivity contribution is 6.08. The minimum Gasteiger partial charge on any atom is -0.459 e. The third-order valence-corrected chi connectivity index (χ3v) is 7.14. The second-order valence-corrected chi connectivity index (χ2v) is 11.4. The van der Waals surface area contributed by atoms with Crippen molar-refractivity contribution in [2.45, 2.75) is 78.9 Å². The predicted octanol–water partition coefficient (Wildman–Crippen LogP) is 4.40. The van der Waals surface area contributed by atoms with Crippen LogP contribution in [0, 0.1) is 18.3 Å². The fourth-order valence-corrected chi connectivity index (χ4v) is 6.12. The molecule has 0 bridgehead atoms. The van der Waals surface area contributed by atoms with Crippen LogP contribution < -0.4 is 10.9 Å². The van der Waals surface area contributed by atoms with Gasteiger partial charge in [-0.05, 0) is 66.7 Å². The highest BCUT2D eigenvalue weighted by Gasteiger charge is 2.56. The van der Waals surface area contributed by atoms with Gasteiger partial charge >= 0.3 is 17.6 Å². The van der Waals surface area contributed by atoms with Crippen LogP contribution in [0.15, 0.2) is 27.4 Å². The Hall–Kier alpha value is -3.16. The summed E-state index contributed by atoms with van der Waals surface area (Å²) < 4.78 is 10.8. The van der Waals surface area contributed by atoms with Crippen molar-refractivity contribution in [1.29, 1.82) is 0 Å². The molecule has 1 saturated heterocycles. The van der Waals surface area contributed by atoms with Crippen LogP contribution in [0.4, 0.5) is 4.79 Å². The molecule has 1 aromatic carbocycles. The first kappa shape index (κ1) is 24.9. The highest BCUT2D eigenvalue weighted by atomic mass is 16.5. The van der Waals surface area contributed by atoms with Crippen LogP contribution in [0.1, 0.15) is 76.5 Å². The summed E-state index contributed by atoms with van der Waals surface area (Å²) in [6.45, 7) is 11.7. The number of ether oxygens (including phenoxy) is 1. The van der Waals surface area contributed by atoms with E-state index in [4.69, 9.17) is 9.15 Å². The van der Waals surface area contributed by atoms with Gasteiger partial charge in [-0.25, -0.2) is 9.59 Å². The molecule has 2 aromatic rings. The summed E-state index contributed by atoms with van der Waals surface area (Å²) in [6, 6.07) is 4.51. The molecule has 0 unspecified atom stereocenters. The summed E-state index contributed by atoms with van der Waals surface area (Å²) in [6.07, 6.45) is 2.05. The number of hydrogen-bond donors (Lipinski definition) is 1. The SMILES string of the molecule is Cc1cc2oc(=O)cc(COC(=O)CN3C(=O)N[C@]4(C[C@@H](C)CC(C)(C)C4)C3=O)c2cc1C(C)C. The third-order valence-electron chi connectivity index (χ3n) is 7.14. The van der Waals surface area contributed by atoms with Crippen molar-refractivity contribution in [2.24, 2.45) is 11.3 Å². The quantitative estimate of drug-likeness (QED) is 0.385. The van der Waals surface area contributed by atoms with Gasteiger partial charge in [0.05, 0.1) is 0 Å². The van der Waals surface area contributed by atoms with Gasteiger partial charge < -0.3 is 14.5 Å². The van der Waals surface area contributed by atoms with Crippen LogP contribution in [-0.4, -0.2) is 34.9 Å². The molecule has 1 aromatic heterocycles. The smallest absolute Gasteiger partial charge is 0.336 e. The lowest BCUT2D eigenvalue weighted by molar-refractivity contribution is -0.149. The first-order valence-corrected chi connectivity index (χ1v) is 12.2. The average molecular weight is 483 g/mol. The van der Waals surface area contributed by atoms with Crippen LogP contribution >= 0.6 is 0 Å². The number of carbonyl (C=O) groups excluding carboxylic acids is 3. The molecule has 0 radical (unpaired) electrons. The standard InChI is InChI=1S/C27H34N2O6/c1-15(2)19-9-20-18(8-22(30)35-21(20)7-17(19)4)13-34-23(31)12-29-24(32)27(28-25(29)33)11-16(3)10-26(5,6)14-27/h7-9,15-16H,10-14H2,1-6H3,(H,28,33)/t16-,27-/m0/s1. The first-order valence-electron chi connectivity index (χ1n) is 12.2. The molecular weight excluding hydrogens is 448 g/mol. The second kappa shape index (κ2) is 8.81. The van der Waals surface area contributed by atoms with Gasteiger partial charge in [0.1, 0.15) is 24.3 Å². The number of fused-ring (bicyclic) bond motifs is 1. The third kappa shape index (κ3) is 4.83. The van der Waals surface area contributed by atoms with Gasteiger partial charge in [0, 0.05) is 17.0 Å². The molecule has 2 heterocycles. The zero-order valence-electron chi connectivity index (χ0n) is 21.3. The molecule has 2 atom stereocenters. The van der Waals surface area contributed by atoms with Crippen molar-refractivity contribution in [3.8, 4) is 0 Å². The van der Waals surface area contributed by atoms with Crippen LogP contribution in [0.25, 0.3) is 11.0 Å². The number of hydrogen-bond acceptors (Lipinski definition) is 6. The molecule has 188 valence electrons. The minimum atomic E-state index is -0.974. The second-order valence-electron chi connectivity index (χ2n) is 11.4. The summed E-state index contributed by atoms with van der Waals surface area (Å²) >= 11 is 0. The van der Waals surface area contributed by atoms with Gasteiger partial charge in [0.25, 0.3) is 5.91 Å². The number of nitrogens with zero attached hydrogens (tertiary/aromatic N) is 1. The largest absolute Gasteiger partial charge is 0.459 e. The lowest BCUT2D eigenvalue weighted by Crippen LogP contribution is -2.54. The van der Waals surface area contributed by atoms with E-state index < -0.39 is 29.7 Å². The maximum atomic E-state index is 13.3. The Morgan fingerprint density at radius 1 is 1.20 bits per heavy atom. The van der Waals surface area contributed by atoms with Gasteiger partial charge in [-0.3, -0.25) is 14.5 Å². The molecule has 3 amide bonds. The van der Waals surface area contributed by atoms with E-state index >= 15 is 0 Å². The van der Waals surface area contributed by atoms with Crippen LogP contribution in [0.3, 0.4) is 0 Å². The maximum Gasteiger partial charge on any atom is 0.336 e. The number of benzene rings is 1. The fraction of sp³-hybridized carbons (Fsp3) is 0.556. The van der Waals surface area contributed by atoms with Gasteiger partial charge in [-0.1, -0.05) is 34.6 Å². The topological polar surface area (TPSA) is 106 Å². The number of esters is 1. The molecule has 35 heavy (non-hydrogen) atoms. The molecule has 8 nitrogen and oxygen atoms in total. The summed E-state index contributed by atoms with van der Waals surface area (Å²) in [5, 5.41) is 3.56. The van der Waals surface area contributed by atoms with Gasteiger partial charge in [0.2, 0.25) is 0 Å². The van der Waals surface area contributed by atoms with E-state index in [-0.39, 0.29) is 29.8 Å². The van der Waals surface area contributed by atoms with Gasteiger partial charge in [0.15, 0.2) is 0 Å².